The molecule has 2 aromatic heterocycles. The Morgan fingerprint density at radius 3 is 2.83 bits per heavy atom. The highest BCUT2D eigenvalue weighted by atomic mass is 15.2. The number of hydrogen-bond acceptors (Lipinski definition) is 3. The average Bonchev–Trinajstić information content (AvgIpc) is 2.84. The largest absolute Gasteiger partial charge is 0.308 e. The Kier molecular flexibility index (Phi) is 3.02. The second-order valence-electron chi connectivity index (χ2n) is 4.17. The zero-order valence-corrected chi connectivity index (χ0v) is 9.95. The fourth-order valence-corrected chi connectivity index (χ4v) is 1.96. The van der Waals surface area contributed by atoms with Gasteiger partial charge in [0.05, 0.1) is 17.9 Å². The van der Waals surface area contributed by atoms with E-state index in [-0.39, 0.29) is 0 Å². The molecule has 0 saturated heterocycles. The van der Waals surface area contributed by atoms with Crippen LogP contribution in [-0.4, -0.2) is 14.6 Å². The molecule has 0 aliphatic heterocycles. The molecule has 1 N–H and O–H groups in total. The summed E-state index contributed by atoms with van der Waals surface area (Å²) in [6, 6.07) is 10.4. The van der Waals surface area contributed by atoms with E-state index in [0.29, 0.717) is 0 Å². The monoisotopic (exact) mass is 238 g/mol. The van der Waals surface area contributed by atoms with E-state index in [2.05, 4.69) is 39.7 Å². The van der Waals surface area contributed by atoms with Gasteiger partial charge >= 0.3 is 0 Å². The normalized spacial score (nSPS) is 10.9. The van der Waals surface area contributed by atoms with Crippen LogP contribution >= 0.6 is 0 Å². The third kappa shape index (κ3) is 2.24. The lowest BCUT2D eigenvalue weighted by molar-refractivity contribution is 0.696. The average molecular weight is 238 g/mol. The van der Waals surface area contributed by atoms with Crippen molar-refractivity contribution in [3.63, 3.8) is 0 Å². The molecule has 0 spiro atoms. The van der Waals surface area contributed by atoms with Crippen LogP contribution in [0.5, 0.6) is 0 Å². The van der Waals surface area contributed by atoms with E-state index >= 15 is 0 Å². The van der Waals surface area contributed by atoms with Gasteiger partial charge in [0.2, 0.25) is 0 Å². The molecule has 3 aromatic rings. The van der Waals surface area contributed by atoms with Gasteiger partial charge in [-0.3, -0.25) is 4.98 Å². The molecule has 0 aliphatic rings. The van der Waals surface area contributed by atoms with Crippen molar-refractivity contribution in [3.05, 3.63) is 66.2 Å². The van der Waals surface area contributed by atoms with Crippen LogP contribution < -0.4 is 5.32 Å². The summed E-state index contributed by atoms with van der Waals surface area (Å²) in [5, 5.41) is 7.70. The predicted molar refractivity (Wildman–Crippen MR) is 70.0 cm³/mol. The summed E-state index contributed by atoms with van der Waals surface area (Å²) in [5.41, 5.74) is 3.50. The minimum atomic E-state index is 0.796. The molecule has 1 aromatic carbocycles. The molecule has 18 heavy (non-hydrogen) atoms. The maximum absolute atomic E-state index is 4.28. The molecule has 0 fully saturated rings. The molecule has 4 heteroatoms. The molecule has 90 valence electrons. The molecule has 0 unspecified atom stereocenters. The quantitative estimate of drug-likeness (QED) is 0.756. The molecule has 0 radical (unpaired) electrons. The molecular formula is C14H14N4. The Hall–Kier alpha value is -2.20. The summed E-state index contributed by atoms with van der Waals surface area (Å²) in [6.07, 6.45) is 7.32. The first-order valence-electron chi connectivity index (χ1n) is 5.94. The predicted octanol–water partition coefficient (Wildman–Crippen LogP) is 2.02. The van der Waals surface area contributed by atoms with Crippen molar-refractivity contribution in [1.82, 2.24) is 19.9 Å². The first kappa shape index (κ1) is 10.9. The van der Waals surface area contributed by atoms with Crippen LogP contribution in [0, 0.1) is 0 Å². The van der Waals surface area contributed by atoms with E-state index < -0.39 is 0 Å². The molecule has 4 nitrogen and oxygen atoms in total. The number of benzene rings is 1. The fourth-order valence-electron chi connectivity index (χ4n) is 1.96. The van der Waals surface area contributed by atoms with Gasteiger partial charge in [0.1, 0.15) is 0 Å². The van der Waals surface area contributed by atoms with Gasteiger partial charge in [-0.25, -0.2) is 4.52 Å². The maximum Gasteiger partial charge on any atom is 0.0889 e. The second kappa shape index (κ2) is 4.98. The summed E-state index contributed by atoms with van der Waals surface area (Å²) in [5.74, 6) is 0. The summed E-state index contributed by atoms with van der Waals surface area (Å²) in [7, 11) is 0. The summed E-state index contributed by atoms with van der Waals surface area (Å²) < 4.78 is 1.84. The Balaban J connectivity index is 1.67. The summed E-state index contributed by atoms with van der Waals surface area (Å²) >= 11 is 0. The van der Waals surface area contributed by atoms with E-state index in [9.17, 15) is 0 Å². The third-order valence-electron chi connectivity index (χ3n) is 2.89. The van der Waals surface area contributed by atoms with E-state index in [1.807, 2.05) is 29.2 Å². The van der Waals surface area contributed by atoms with Crippen LogP contribution in [0.3, 0.4) is 0 Å². The topological polar surface area (TPSA) is 42.2 Å². The SMILES string of the molecule is c1ccc(CNCc2cnn3ccncc23)cc1. The van der Waals surface area contributed by atoms with E-state index in [0.717, 1.165) is 18.6 Å². The lowest BCUT2D eigenvalue weighted by Crippen LogP contribution is -2.12. The fraction of sp³-hybridized carbons (Fsp3) is 0.143. The lowest BCUT2D eigenvalue weighted by atomic mass is 10.2. The van der Waals surface area contributed by atoms with Crippen LogP contribution in [-0.2, 0) is 13.1 Å². The Morgan fingerprint density at radius 2 is 1.94 bits per heavy atom. The molecule has 0 aliphatic carbocycles. The van der Waals surface area contributed by atoms with Gasteiger partial charge in [-0.05, 0) is 5.56 Å². The zero-order valence-electron chi connectivity index (χ0n) is 9.95. The highest BCUT2D eigenvalue weighted by Crippen LogP contribution is 2.08. The zero-order chi connectivity index (χ0) is 12.2. The lowest BCUT2D eigenvalue weighted by Gasteiger charge is -2.03. The van der Waals surface area contributed by atoms with Crippen LogP contribution in [0.25, 0.3) is 5.52 Å². The van der Waals surface area contributed by atoms with Gasteiger partial charge in [-0.15, -0.1) is 0 Å². The van der Waals surface area contributed by atoms with Gasteiger partial charge < -0.3 is 5.32 Å². The van der Waals surface area contributed by atoms with Crippen molar-refractivity contribution in [1.29, 1.82) is 0 Å². The number of rotatable bonds is 4. The Bertz CT molecular complexity index is 630. The summed E-state index contributed by atoms with van der Waals surface area (Å²) in [4.78, 5) is 4.12. The molecule has 0 amide bonds. The Labute approximate surface area is 105 Å². The first-order valence-corrected chi connectivity index (χ1v) is 5.94. The minimum Gasteiger partial charge on any atom is -0.308 e. The smallest absolute Gasteiger partial charge is 0.0889 e. The van der Waals surface area contributed by atoms with Crippen molar-refractivity contribution >= 4 is 5.52 Å². The minimum absolute atomic E-state index is 0.796. The maximum atomic E-state index is 4.28. The standard InChI is InChI=1S/C14H14N4/c1-2-4-12(5-3-1)8-16-9-13-10-17-18-7-6-15-11-14(13)18/h1-7,10-11,16H,8-9H2. The number of nitrogens with zero attached hydrogens (tertiary/aromatic N) is 3. The van der Waals surface area contributed by atoms with Gasteiger partial charge in [-0.2, -0.15) is 5.10 Å². The molecular weight excluding hydrogens is 224 g/mol. The van der Waals surface area contributed by atoms with Crippen molar-refractivity contribution in [2.24, 2.45) is 0 Å². The van der Waals surface area contributed by atoms with Crippen LogP contribution in [0.15, 0.2) is 55.1 Å². The number of hydrogen-bond donors (Lipinski definition) is 1. The molecule has 0 atom stereocenters. The van der Waals surface area contributed by atoms with Crippen molar-refractivity contribution in [3.8, 4) is 0 Å². The van der Waals surface area contributed by atoms with Gasteiger partial charge in [0.15, 0.2) is 0 Å². The molecule has 0 saturated carbocycles. The number of fused-ring (bicyclic) bond motifs is 1. The number of aromatic nitrogens is 3. The van der Waals surface area contributed by atoms with Crippen LogP contribution in [0.2, 0.25) is 0 Å². The molecule has 3 rings (SSSR count). The highest BCUT2D eigenvalue weighted by Gasteiger charge is 2.02. The van der Waals surface area contributed by atoms with Crippen LogP contribution in [0.1, 0.15) is 11.1 Å². The van der Waals surface area contributed by atoms with Crippen molar-refractivity contribution in [2.45, 2.75) is 13.1 Å². The highest BCUT2D eigenvalue weighted by molar-refractivity contribution is 5.51. The van der Waals surface area contributed by atoms with Crippen LogP contribution in [0.4, 0.5) is 0 Å². The molecule has 0 bridgehead atoms. The second-order valence-corrected chi connectivity index (χ2v) is 4.17. The van der Waals surface area contributed by atoms with Crippen molar-refractivity contribution in [2.75, 3.05) is 0 Å². The van der Waals surface area contributed by atoms with E-state index in [4.69, 9.17) is 0 Å². The third-order valence-corrected chi connectivity index (χ3v) is 2.89. The van der Waals surface area contributed by atoms with E-state index in [1.54, 1.807) is 6.20 Å². The first-order chi connectivity index (χ1) is 8.93. The van der Waals surface area contributed by atoms with Crippen molar-refractivity contribution < 1.29 is 0 Å². The van der Waals surface area contributed by atoms with Gasteiger partial charge in [0.25, 0.3) is 0 Å². The van der Waals surface area contributed by atoms with Gasteiger partial charge in [-0.1, -0.05) is 30.3 Å². The Morgan fingerprint density at radius 1 is 1.06 bits per heavy atom. The summed E-state index contributed by atoms with van der Waals surface area (Å²) in [6.45, 7) is 1.66. The van der Waals surface area contributed by atoms with Gasteiger partial charge in [0, 0.05) is 31.0 Å². The van der Waals surface area contributed by atoms with E-state index in [1.165, 1.54) is 11.1 Å². The number of nitrogens with one attached hydrogen (secondary N) is 1. The molecule has 2 heterocycles.